The van der Waals surface area contributed by atoms with E-state index in [2.05, 4.69) is 5.32 Å². The fourth-order valence-corrected chi connectivity index (χ4v) is 1.05. The summed E-state index contributed by atoms with van der Waals surface area (Å²) in [6.07, 6.45) is -0.408. The van der Waals surface area contributed by atoms with Gasteiger partial charge in [0.2, 0.25) is 5.91 Å². The minimum atomic E-state index is -0.941. The largest absolute Gasteiger partial charge is 0.323 e. The van der Waals surface area contributed by atoms with E-state index in [-0.39, 0.29) is 10.7 Å². The Hall–Kier alpha value is -1.67. The SMILES string of the molecule is N#CCC(=O)Nc1cc(Cl)c(F)cc1F. The summed E-state index contributed by atoms with van der Waals surface area (Å²) in [5, 5.41) is 9.98. The number of nitrogens with zero attached hydrogens (tertiary/aromatic N) is 1. The molecule has 6 heteroatoms. The molecule has 0 spiro atoms. The molecule has 0 aliphatic heterocycles. The van der Waals surface area contributed by atoms with Crippen molar-refractivity contribution < 1.29 is 13.6 Å². The summed E-state index contributed by atoms with van der Waals surface area (Å²) < 4.78 is 25.7. The van der Waals surface area contributed by atoms with E-state index < -0.39 is 24.0 Å². The van der Waals surface area contributed by atoms with Gasteiger partial charge in [-0.1, -0.05) is 11.6 Å². The highest BCUT2D eigenvalue weighted by atomic mass is 35.5. The van der Waals surface area contributed by atoms with Gasteiger partial charge in [-0.15, -0.1) is 0 Å². The Labute approximate surface area is 89.3 Å². The number of halogens is 3. The zero-order valence-electron chi connectivity index (χ0n) is 7.35. The third-order valence-electron chi connectivity index (χ3n) is 1.52. The van der Waals surface area contributed by atoms with Gasteiger partial charge in [-0.25, -0.2) is 8.78 Å². The van der Waals surface area contributed by atoms with Crippen molar-refractivity contribution in [3.63, 3.8) is 0 Å². The third kappa shape index (κ3) is 2.89. The number of anilines is 1. The Bertz CT molecular complexity index is 442. The summed E-state index contributed by atoms with van der Waals surface area (Å²) in [4.78, 5) is 10.9. The minimum absolute atomic E-state index is 0.248. The van der Waals surface area contributed by atoms with E-state index in [0.717, 1.165) is 6.07 Å². The number of hydrogen-bond donors (Lipinski definition) is 1. The maximum atomic E-state index is 13.0. The van der Waals surface area contributed by atoms with Crippen LogP contribution < -0.4 is 5.32 Å². The average Bonchev–Trinajstić information content (AvgIpc) is 2.14. The number of benzene rings is 1. The molecule has 15 heavy (non-hydrogen) atoms. The van der Waals surface area contributed by atoms with Gasteiger partial charge in [0.05, 0.1) is 16.8 Å². The number of rotatable bonds is 2. The summed E-state index contributed by atoms with van der Waals surface area (Å²) in [5.74, 6) is -2.53. The molecule has 3 nitrogen and oxygen atoms in total. The third-order valence-corrected chi connectivity index (χ3v) is 1.81. The zero-order valence-corrected chi connectivity index (χ0v) is 8.11. The molecular weight excluding hydrogens is 226 g/mol. The summed E-state index contributed by atoms with van der Waals surface area (Å²) in [5.41, 5.74) is -0.248. The van der Waals surface area contributed by atoms with Gasteiger partial charge in [-0.3, -0.25) is 4.79 Å². The first kappa shape index (κ1) is 11.4. The summed E-state index contributed by atoms with van der Waals surface area (Å²) >= 11 is 5.39. The van der Waals surface area contributed by atoms with Gasteiger partial charge in [-0.2, -0.15) is 5.26 Å². The average molecular weight is 231 g/mol. The van der Waals surface area contributed by atoms with E-state index in [1.54, 1.807) is 6.07 Å². The van der Waals surface area contributed by atoms with Crippen LogP contribution in [0.1, 0.15) is 6.42 Å². The molecule has 0 atom stereocenters. The normalized spacial score (nSPS) is 9.47. The quantitative estimate of drug-likeness (QED) is 0.794. The summed E-state index contributed by atoms with van der Waals surface area (Å²) in [6, 6.07) is 3.10. The molecule has 0 bridgehead atoms. The van der Waals surface area contributed by atoms with E-state index in [0.29, 0.717) is 6.07 Å². The minimum Gasteiger partial charge on any atom is -0.323 e. The predicted molar refractivity (Wildman–Crippen MR) is 50.2 cm³/mol. The maximum Gasteiger partial charge on any atom is 0.238 e. The molecule has 0 saturated heterocycles. The van der Waals surface area contributed by atoms with E-state index in [1.165, 1.54) is 0 Å². The second-order valence-corrected chi connectivity index (χ2v) is 3.04. The van der Waals surface area contributed by atoms with E-state index in [1.807, 2.05) is 0 Å². The number of carbonyl (C=O) groups excluding carboxylic acids is 1. The molecule has 0 unspecified atom stereocenters. The molecule has 0 aliphatic rings. The second kappa shape index (κ2) is 4.71. The van der Waals surface area contributed by atoms with Crippen molar-refractivity contribution in [2.75, 3.05) is 5.32 Å². The molecule has 1 aromatic rings. The van der Waals surface area contributed by atoms with Crippen molar-refractivity contribution in [3.05, 3.63) is 28.8 Å². The predicted octanol–water partition coefficient (Wildman–Crippen LogP) is 2.47. The summed E-state index contributed by atoms with van der Waals surface area (Å²) in [6.45, 7) is 0. The van der Waals surface area contributed by atoms with Crippen molar-refractivity contribution in [3.8, 4) is 6.07 Å². The smallest absolute Gasteiger partial charge is 0.238 e. The van der Waals surface area contributed by atoms with Crippen LogP contribution in [0.5, 0.6) is 0 Å². The molecule has 0 fully saturated rings. The molecule has 1 rings (SSSR count). The van der Waals surface area contributed by atoms with Crippen LogP contribution in [0.3, 0.4) is 0 Å². The molecule has 0 saturated carbocycles. The first-order valence-electron chi connectivity index (χ1n) is 3.86. The van der Waals surface area contributed by atoms with Gasteiger partial charge in [0.25, 0.3) is 0 Å². The molecule has 1 N–H and O–H groups in total. The van der Waals surface area contributed by atoms with Crippen molar-refractivity contribution in [2.24, 2.45) is 0 Å². The first-order valence-corrected chi connectivity index (χ1v) is 4.23. The van der Waals surface area contributed by atoms with Gasteiger partial charge < -0.3 is 5.32 Å². The van der Waals surface area contributed by atoms with Gasteiger partial charge in [0, 0.05) is 6.07 Å². The lowest BCUT2D eigenvalue weighted by molar-refractivity contribution is -0.115. The molecule has 0 heterocycles. The Morgan fingerprint density at radius 3 is 2.73 bits per heavy atom. The molecule has 1 aromatic carbocycles. The van der Waals surface area contributed by atoms with Crippen LogP contribution in [0.25, 0.3) is 0 Å². The highest BCUT2D eigenvalue weighted by Gasteiger charge is 2.10. The van der Waals surface area contributed by atoms with E-state index >= 15 is 0 Å². The van der Waals surface area contributed by atoms with Crippen molar-refractivity contribution >= 4 is 23.2 Å². The van der Waals surface area contributed by atoms with Crippen LogP contribution in [0, 0.1) is 23.0 Å². The molecule has 0 radical (unpaired) electrons. The lowest BCUT2D eigenvalue weighted by atomic mass is 10.3. The van der Waals surface area contributed by atoms with Crippen LogP contribution in [-0.2, 0) is 4.79 Å². The summed E-state index contributed by atoms with van der Waals surface area (Å²) in [7, 11) is 0. The van der Waals surface area contributed by atoms with Gasteiger partial charge in [0.15, 0.2) is 0 Å². The van der Waals surface area contributed by atoms with Crippen molar-refractivity contribution in [1.29, 1.82) is 5.26 Å². The van der Waals surface area contributed by atoms with Crippen molar-refractivity contribution in [2.45, 2.75) is 6.42 Å². The highest BCUT2D eigenvalue weighted by Crippen LogP contribution is 2.23. The number of nitriles is 1. The first-order chi connectivity index (χ1) is 7.04. The van der Waals surface area contributed by atoms with Crippen LogP contribution in [0.2, 0.25) is 5.02 Å². The lowest BCUT2D eigenvalue weighted by Crippen LogP contribution is -2.11. The maximum absolute atomic E-state index is 13.0. The van der Waals surface area contributed by atoms with Gasteiger partial charge >= 0.3 is 0 Å². The van der Waals surface area contributed by atoms with Crippen molar-refractivity contribution in [1.82, 2.24) is 0 Å². The monoisotopic (exact) mass is 230 g/mol. The Kier molecular flexibility index (Phi) is 3.58. The topological polar surface area (TPSA) is 52.9 Å². The standard InChI is InChI=1S/C9H5ClF2N2O/c10-5-3-8(7(12)4-6(5)11)14-9(15)1-2-13/h3-4H,1H2,(H,14,15). The zero-order chi connectivity index (χ0) is 11.4. The highest BCUT2D eigenvalue weighted by molar-refractivity contribution is 6.31. The molecule has 0 aromatic heterocycles. The number of nitrogens with one attached hydrogen (secondary N) is 1. The van der Waals surface area contributed by atoms with Gasteiger partial charge in [-0.05, 0) is 6.07 Å². The van der Waals surface area contributed by atoms with Crippen LogP contribution in [0.15, 0.2) is 12.1 Å². The Morgan fingerprint density at radius 1 is 1.47 bits per heavy atom. The number of hydrogen-bond acceptors (Lipinski definition) is 2. The van der Waals surface area contributed by atoms with Crippen LogP contribution >= 0.6 is 11.6 Å². The van der Waals surface area contributed by atoms with E-state index in [9.17, 15) is 13.6 Å². The number of amides is 1. The fourth-order valence-electron chi connectivity index (χ4n) is 0.885. The lowest BCUT2D eigenvalue weighted by Gasteiger charge is -2.05. The Balaban J connectivity index is 2.92. The molecular formula is C9H5ClF2N2O. The molecule has 0 aliphatic carbocycles. The fraction of sp³-hybridized carbons (Fsp3) is 0.111. The number of carbonyl (C=O) groups is 1. The second-order valence-electron chi connectivity index (χ2n) is 2.63. The molecule has 1 amide bonds. The van der Waals surface area contributed by atoms with Crippen LogP contribution in [-0.4, -0.2) is 5.91 Å². The molecule has 78 valence electrons. The Morgan fingerprint density at radius 2 is 2.13 bits per heavy atom. The van der Waals surface area contributed by atoms with E-state index in [4.69, 9.17) is 16.9 Å². The van der Waals surface area contributed by atoms with Crippen LogP contribution in [0.4, 0.5) is 14.5 Å². The van der Waals surface area contributed by atoms with Gasteiger partial charge in [0.1, 0.15) is 18.1 Å².